The van der Waals surface area contributed by atoms with Gasteiger partial charge in [0.05, 0.1) is 24.9 Å². The molecule has 1 aromatic rings. The number of hydrogen-bond donors (Lipinski definition) is 10. The molecule has 0 aromatic carbocycles. The summed E-state index contributed by atoms with van der Waals surface area (Å²) in [6, 6.07) is -5.77. The van der Waals surface area contributed by atoms with E-state index in [0.717, 1.165) is 0 Å². The van der Waals surface area contributed by atoms with Gasteiger partial charge in [-0.15, -0.1) is 0 Å². The maximum absolute atomic E-state index is 13.0. The number of amides is 3. The van der Waals surface area contributed by atoms with Crippen molar-refractivity contribution in [2.24, 2.45) is 22.2 Å². The Labute approximate surface area is 211 Å². The molecule has 1 rings (SSSR count). The van der Waals surface area contributed by atoms with Crippen molar-refractivity contribution in [3.63, 3.8) is 0 Å². The summed E-state index contributed by atoms with van der Waals surface area (Å²) >= 11 is 0. The molecule has 0 spiro atoms. The monoisotopic (exact) mass is 527 g/mol. The number of hydrogen-bond acceptors (Lipinski definition) is 9. The third-order valence-electron chi connectivity index (χ3n) is 4.97. The lowest BCUT2D eigenvalue weighted by molar-refractivity contribution is -0.143. The molecule has 1 heterocycles. The second-order valence-corrected chi connectivity index (χ2v) is 8.12. The van der Waals surface area contributed by atoms with Gasteiger partial charge in [-0.1, -0.05) is 0 Å². The lowest BCUT2D eigenvalue weighted by Crippen LogP contribution is -2.60. The van der Waals surface area contributed by atoms with E-state index in [9.17, 15) is 34.2 Å². The highest BCUT2D eigenvalue weighted by Crippen LogP contribution is 2.05. The standard InChI is InChI=1S/C20H33N9O8/c1-9(30)15(18(35)27-12(19(36)37)3-2-4-25-20(22)23)29-17(34)13(5-10-7-24-8-26-10)28-16(33)11(21)6-14(31)32/h7-9,11-13,15,30H,2-6,21H2,1H3,(H,24,26)(H,27,35)(H,28,33)(H,29,34)(H,31,32)(H,36,37)(H4,22,23,25). The maximum Gasteiger partial charge on any atom is 0.326 e. The van der Waals surface area contributed by atoms with Crippen LogP contribution in [0.2, 0.25) is 0 Å². The molecule has 37 heavy (non-hydrogen) atoms. The van der Waals surface area contributed by atoms with Crippen LogP contribution in [-0.2, 0) is 30.4 Å². The number of aromatic amines is 1. The van der Waals surface area contributed by atoms with E-state index >= 15 is 0 Å². The van der Waals surface area contributed by atoms with Crippen molar-refractivity contribution in [3.05, 3.63) is 18.2 Å². The third kappa shape index (κ3) is 11.4. The number of aliphatic hydroxyl groups is 1. The molecule has 0 saturated heterocycles. The molecular formula is C20H33N9O8. The summed E-state index contributed by atoms with van der Waals surface area (Å²) in [6.45, 7) is 1.32. The van der Waals surface area contributed by atoms with E-state index in [1.54, 1.807) is 0 Å². The molecule has 0 aliphatic rings. The Morgan fingerprint density at radius 1 is 1.05 bits per heavy atom. The van der Waals surface area contributed by atoms with Gasteiger partial charge in [0, 0.05) is 24.9 Å². The number of nitrogens with two attached hydrogens (primary N) is 3. The van der Waals surface area contributed by atoms with Gasteiger partial charge in [-0.2, -0.15) is 0 Å². The molecule has 0 saturated carbocycles. The molecule has 17 nitrogen and oxygen atoms in total. The van der Waals surface area contributed by atoms with Crippen molar-refractivity contribution < 1.29 is 39.3 Å². The molecule has 0 aliphatic carbocycles. The quantitative estimate of drug-likeness (QED) is 0.0555. The van der Waals surface area contributed by atoms with Crippen LogP contribution in [0.1, 0.15) is 31.9 Å². The normalized spacial score (nSPS) is 14.8. The van der Waals surface area contributed by atoms with Crippen molar-refractivity contribution in [1.29, 1.82) is 0 Å². The number of carbonyl (C=O) groups is 5. The van der Waals surface area contributed by atoms with E-state index in [-0.39, 0.29) is 31.8 Å². The van der Waals surface area contributed by atoms with Crippen LogP contribution in [0.15, 0.2) is 17.5 Å². The first kappa shape index (κ1) is 30.8. The van der Waals surface area contributed by atoms with E-state index in [0.29, 0.717) is 5.69 Å². The number of nitrogens with zero attached hydrogens (tertiary/aromatic N) is 2. The number of H-pyrrole nitrogens is 1. The van der Waals surface area contributed by atoms with Gasteiger partial charge in [-0.05, 0) is 19.8 Å². The zero-order chi connectivity index (χ0) is 28.1. The molecule has 5 unspecified atom stereocenters. The van der Waals surface area contributed by atoms with Crippen LogP contribution in [-0.4, -0.2) is 97.7 Å². The van der Waals surface area contributed by atoms with Gasteiger partial charge in [-0.3, -0.25) is 24.2 Å². The van der Waals surface area contributed by atoms with E-state index in [4.69, 9.17) is 22.3 Å². The first-order valence-corrected chi connectivity index (χ1v) is 11.1. The van der Waals surface area contributed by atoms with E-state index in [2.05, 4.69) is 30.9 Å². The fraction of sp³-hybridized carbons (Fsp3) is 0.550. The summed E-state index contributed by atoms with van der Waals surface area (Å²) in [6.07, 6.45) is 0.582. The highest BCUT2D eigenvalue weighted by atomic mass is 16.4. The van der Waals surface area contributed by atoms with E-state index < -0.39 is 66.4 Å². The van der Waals surface area contributed by atoms with Crippen molar-refractivity contribution in [2.45, 2.75) is 62.9 Å². The number of imidazole rings is 1. The Morgan fingerprint density at radius 2 is 1.70 bits per heavy atom. The molecule has 0 radical (unpaired) electrons. The smallest absolute Gasteiger partial charge is 0.326 e. The number of carboxylic acids is 2. The number of guanidine groups is 1. The first-order chi connectivity index (χ1) is 17.3. The number of aliphatic imine (C=N–C) groups is 1. The van der Waals surface area contributed by atoms with Crippen molar-refractivity contribution in [2.75, 3.05) is 6.54 Å². The second-order valence-electron chi connectivity index (χ2n) is 8.12. The highest BCUT2D eigenvalue weighted by Gasteiger charge is 2.33. The maximum atomic E-state index is 13.0. The fourth-order valence-electron chi connectivity index (χ4n) is 3.07. The summed E-state index contributed by atoms with van der Waals surface area (Å²) in [7, 11) is 0. The van der Waals surface area contributed by atoms with Gasteiger partial charge in [0.15, 0.2) is 5.96 Å². The van der Waals surface area contributed by atoms with Crippen molar-refractivity contribution in [1.82, 2.24) is 25.9 Å². The predicted octanol–water partition coefficient (Wildman–Crippen LogP) is -4.27. The molecule has 0 bridgehead atoms. The Bertz CT molecular complexity index is 963. The SMILES string of the molecule is CC(O)C(NC(=O)C(Cc1cnc[nH]1)NC(=O)C(N)CC(=O)O)C(=O)NC(CCCN=C(N)N)C(=O)O. The van der Waals surface area contributed by atoms with Gasteiger partial charge < -0.3 is 53.5 Å². The summed E-state index contributed by atoms with van der Waals surface area (Å²) in [4.78, 5) is 70.8. The van der Waals surface area contributed by atoms with E-state index in [1.807, 2.05) is 0 Å². The van der Waals surface area contributed by atoms with Gasteiger partial charge in [-0.25, -0.2) is 9.78 Å². The Balaban J connectivity index is 2.97. The molecule has 1 aromatic heterocycles. The van der Waals surface area contributed by atoms with Gasteiger partial charge in [0.25, 0.3) is 0 Å². The van der Waals surface area contributed by atoms with Gasteiger partial charge in [0.2, 0.25) is 17.7 Å². The average Bonchev–Trinajstić information content (AvgIpc) is 3.30. The summed E-state index contributed by atoms with van der Waals surface area (Å²) in [5, 5.41) is 35.2. The topological polar surface area (TPSA) is 301 Å². The van der Waals surface area contributed by atoms with Crippen LogP contribution in [0.3, 0.4) is 0 Å². The van der Waals surface area contributed by atoms with Crippen LogP contribution in [0, 0.1) is 0 Å². The Hall–Kier alpha value is -4.25. The Morgan fingerprint density at radius 3 is 2.22 bits per heavy atom. The zero-order valence-electron chi connectivity index (χ0n) is 20.1. The number of aliphatic carboxylic acids is 2. The van der Waals surface area contributed by atoms with Crippen molar-refractivity contribution in [3.8, 4) is 0 Å². The number of aliphatic hydroxyl groups excluding tert-OH is 1. The summed E-state index contributed by atoms with van der Waals surface area (Å²) < 4.78 is 0. The first-order valence-electron chi connectivity index (χ1n) is 11.1. The summed E-state index contributed by atoms with van der Waals surface area (Å²) in [5.41, 5.74) is 16.4. The minimum atomic E-state index is -1.60. The molecular weight excluding hydrogens is 494 g/mol. The van der Waals surface area contributed by atoms with Crippen LogP contribution in [0.25, 0.3) is 0 Å². The molecule has 17 heteroatoms. The average molecular weight is 528 g/mol. The number of rotatable bonds is 16. The number of nitrogens with one attached hydrogen (secondary N) is 4. The highest BCUT2D eigenvalue weighted by molar-refractivity contribution is 5.95. The lowest BCUT2D eigenvalue weighted by Gasteiger charge is -2.26. The second kappa shape index (κ2) is 15.0. The van der Waals surface area contributed by atoms with Crippen molar-refractivity contribution >= 4 is 35.6 Å². The number of aromatic nitrogens is 2. The molecule has 5 atom stereocenters. The lowest BCUT2D eigenvalue weighted by atomic mass is 10.1. The predicted molar refractivity (Wildman–Crippen MR) is 128 cm³/mol. The van der Waals surface area contributed by atoms with E-state index in [1.165, 1.54) is 19.4 Å². The number of carboxylic acid groups (broad SMARTS) is 2. The Kier molecular flexibility index (Phi) is 12.5. The van der Waals surface area contributed by atoms with Gasteiger partial charge in [0.1, 0.15) is 18.1 Å². The molecule has 206 valence electrons. The van der Waals surface area contributed by atoms with Crippen LogP contribution in [0.5, 0.6) is 0 Å². The van der Waals surface area contributed by atoms with Crippen LogP contribution < -0.4 is 33.2 Å². The molecule has 0 aliphatic heterocycles. The van der Waals surface area contributed by atoms with Crippen LogP contribution >= 0.6 is 0 Å². The summed E-state index contributed by atoms with van der Waals surface area (Å²) in [5.74, 6) is -5.71. The minimum Gasteiger partial charge on any atom is -0.481 e. The fourth-order valence-corrected chi connectivity index (χ4v) is 3.07. The largest absolute Gasteiger partial charge is 0.481 e. The zero-order valence-corrected chi connectivity index (χ0v) is 20.1. The van der Waals surface area contributed by atoms with Gasteiger partial charge >= 0.3 is 11.9 Å². The molecule has 0 fully saturated rings. The third-order valence-corrected chi connectivity index (χ3v) is 4.97. The minimum absolute atomic E-state index is 0.0434. The molecule has 3 amide bonds. The molecule has 13 N–H and O–H groups in total. The number of carbonyl (C=O) groups excluding carboxylic acids is 3. The van der Waals surface area contributed by atoms with Crippen LogP contribution in [0.4, 0.5) is 0 Å².